The van der Waals surface area contributed by atoms with Crippen LogP contribution in [-0.2, 0) is 6.54 Å². The van der Waals surface area contributed by atoms with Gasteiger partial charge in [0.2, 0.25) is 6.33 Å². The van der Waals surface area contributed by atoms with Crippen LogP contribution >= 0.6 is 15.9 Å². The van der Waals surface area contributed by atoms with Gasteiger partial charge in [-0.3, -0.25) is 0 Å². The van der Waals surface area contributed by atoms with Crippen LogP contribution in [0.3, 0.4) is 0 Å². The summed E-state index contributed by atoms with van der Waals surface area (Å²) in [5.41, 5.74) is 1.18. The third kappa shape index (κ3) is 2.73. The second-order valence-electron chi connectivity index (χ2n) is 3.89. The van der Waals surface area contributed by atoms with Crippen LogP contribution in [0.5, 0.6) is 0 Å². The molecule has 0 aliphatic rings. The Morgan fingerprint density at radius 1 is 1.38 bits per heavy atom. The third-order valence-corrected chi connectivity index (χ3v) is 3.06. The molecule has 0 N–H and O–H groups in total. The maximum Gasteiger partial charge on any atom is 0.248 e. The first kappa shape index (κ1) is 11.4. The van der Waals surface area contributed by atoms with Crippen molar-refractivity contribution in [2.24, 2.45) is 0 Å². The molecule has 0 fully saturated rings. The number of aromatic nitrogens is 2. The Balaban J connectivity index is 2.18. The minimum atomic E-state index is 1.09. The van der Waals surface area contributed by atoms with Gasteiger partial charge in [0, 0.05) is 4.47 Å². The maximum atomic E-state index is 3.49. The molecule has 1 aromatic carbocycles. The van der Waals surface area contributed by atoms with Crippen molar-refractivity contribution in [2.45, 2.75) is 26.3 Å². The molecule has 1 aromatic heterocycles. The molecule has 0 atom stereocenters. The van der Waals surface area contributed by atoms with E-state index in [-0.39, 0.29) is 0 Å². The predicted molar refractivity (Wildman–Crippen MR) is 68.6 cm³/mol. The Kier molecular flexibility index (Phi) is 3.78. The molecule has 0 saturated carbocycles. The largest absolute Gasteiger partial charge is 0.248 e. The van der Waals surface area contributed by atoms with Gasteiger partial charge in [0.25, 0.3) is 0 Å². The van der Waals surface area contributed by atoms with Crippen molar-refractivity contribution in [1.82, 2.24) is 4.57 Å². The van der Waals surface area contributed by atoms with Crippen LogP contribution in [-0.4, -0.2) is 4.57 Å². The van der Waals surface area contributed by atoms with Crippen molar-refractivity contribution < 1.29 is 4.57 Å². The first-order chi connectivity index (χ1) is 7.79. The highest BCUT2D eigenvalue weighted by atomic mass is 79.9. The van der Waals surface area contributed by atoms with Crippen molar-refractivity contribution >= 4 is 15.9 Å². The van der Waals surface area contributed by atoms with E-state index in [0.717, 1.165) is 11.0 Å². The number of unbranched alkanes of at least 4 members (excludes halogenated alkanes) is 1. The van der Waals surface area contributed by atoms with E-state index in [1.165, 1.54) is 18.5 Å². The monoisotopic (exact) mass is 279 g/mol. The van der Waals surface area contributed by atoms with Crippen LogP contribution in [0.4, 0.5) is 0 Å². The average molecular weight is 280 g/mol. The highest BCUT2D eigenvalue weighted by Gasteiger charge is 2.05. The fourth-order valence-corrected chi connectivity index (χ4v) is 2.04. The van der Waals surface area contributed by atoms with E-state index in [0.29, 0.717) is 0 Å². The summed E-state index contributed by atoms with van der Waals surface area (Å²) >= 11 is 3.49. The number of nitrogens with zero attached hydrogens (tertiary/aromatic N) is 2. The van der Waals surface area contributed by atoms with Crippen molar-refractivity contribution in [3.63, 3.8) is 0 Å². The predicted octanol–water partition coefficient (Wildman–Crippen LogP) is 3.33. The first-order valence-corrected chi connectivity index (χ1v) is 6.42. The SMILES string of the molecule is CCCC[n+]1ccn(-c2cccc(Br)c2)c1. The van der Waals surface area contributed by atoms with E-state index in [9.17, 15) is 0 Å². The van der Waals surface area contributed by atoms with Crippen LogP contribution in [0, 0.1) is 0 Å². The lowest BCUT2D eigenvalue weighted by Crippen LogP contribution is -2.30. The van der Waals surface area contributed by atoms with E-state index in [1.54, 1.807) is 0 Å². The fraction of sp³-hybridized carbons (Fsp3) is 0.308. The number of benzene rings is 1. The third-order valence-electron chi connectivity index (χ3n) is 2.57. The standard InChI is InChI=1S/C13H16BrN2/c1-2-3-7-15-8-9-16(11-15)13-6-4-5-12(14)10-13/h4-6,8-11H,2-3,7H2,1H3/q+1. The van der Waals surface area contributed by atoms with Crippen molar-refractivity contribution in [3.05, 3.63) is 47.5 Å². The average Bonchev–Trinajstić information content (AvgIpc) is 2.75. The normalized spacial score (nSPS) is 10.6. The summed E-state index contributed by atoms with van der Waals surface area (Å²) in [7, 11) is 0. The van der Waals surface area contributed by atoms with Crippen LogP contribution in [0.2, 0.25) is 0 Å². The van der Waals surface area contributed by atoms with Crippen LogP contribution < -0.4 is 4.57 Å². The summed E-state index contributed by atoms with van der Waals surface area (Å²) in [6, 6.07) is 8.31. The summed E-state index contributed by atoms with van der Waals surface area (Å²) in [6.45, 7) is 3.31. The molecule has 2 nitrogen and oxygen atoms in total. The summed E-state index contributed by atoms with van der Waals surface area (Å²) in [6.07, 6.45) is 8.81. The quantitative estimate of drug-likeness (QED) is 0.760. The molecule has 2 rings (SSSR count). The van der Waals surface area contributed by atoms with Crippen LogP contribution in [0.1, 0.15) is 19.8 Å². The Bertz CT molecular complexity index is 462. The van der Waals surface area contributed by atoms with Gasteiger partial charge < -0.3 is 0 Å². The Hall–Kier alpha value is -1.09. The van der Waals surface area contributed by atoms with E-state index in [1.807, 2.05) is 6.07 Å². The van der Waals surface area contributed by atoms with E-state index in [2.05, 4.69) is 68.9 Å². The van der Waals surface area contributed by atoms with Gasteiger partial charge in [-0.25, -0.2) is 9.13 Å². The number of rotatable bonds is 4. The lowest BCUT2D eigenvalue weighted by atomic mass is 10.3. The van der Waals surface area contributed by atoms with Gasteiger partial charge >= 0.3 is 0 Å². The molecule has 0 radical (unpaired) electrons. The molecule has 0 bridgehead atoms. The molecule has 0 unspecified atom stereocenters. The molecule has 3 heteroatoms. The molecule has 2 aromatic rings. The molecule has 1 heterocycles. The minimum absolute atomic E-state index is 1.09. The summed E-state index contributed by atoms with van der Waals surface area (Å²) in [4.78, 5) is 0. The zero-order valence-electron chi connectivity index (χ0n) is 9.44. The highest BCUT2D eigenvalue weighted by Crippen LogP contribution is 2.14. The minimum Gasteiger partial charge on any atom is -0.236 e. The fourth-order valence-electron chi connectivity index (χ4n) is 1.66. The zero-order valence-corrected chi connectivity index (χ0v) is 11.0. The Labute approximate surface area is 105 Å². The number of halogens is 1. The summed E-state index contributed by atoms with van der Waals surface area (Å²) in [5.74, 6) is 0. The molecule has 0 saturated heterocycles. The van der Waals surface area contributed by atoms with E-state index in [4.69, 9.17) is 0 Å². The molecule has 16 heavy (non-hydrogen) atoms. The van der Waals surface area contributed by atoms with Crippen molar-refractivity contribution in [2.75, 3.05) is 0 Å². The molecule has 0 spiro atoms. The van der Waals surface area contributed by atoms with Gasteiger partial charge in [0.1, 0.15) is 18.1 Å². The number of hydrogen-bond acceptors (Lipinski definition) is 0. The topological polar surface area (TPSA) is 8.81 Å². The summed E-state index contributed by atoms with van der Waals surface area (Å²) < 4.78 is 5.48. The molecule has 0 aliphatic carbocycles. The lowest BCUT2D eigenvalue weighted by Gasteiger charge is -1.96. The van der Waals surface area contributed by atoms with E-state index >= 15 is 0 Å². The van der Waals surface area contributed by atoms with Gasteiger partial charge in [-0.15, -0.1) is 0 Å². The molecular formula is C13H16BrN2+. The first-order valence-electron chi connectivity index (χ1n) is 5.62. The number of aryl methyl sites for hydroxylation is 1. The molecule has 0 aliphatic heterocycles. The van der Waals surface area contributed by atoms with Crippen molar-refractivity contribution in [3.8, 4) is 5.69 Å². The van der Waals surface area contributed by atoms with Gasteiger partial charge in [0.15, 0.2) is 0 Å². The Morgan fingerprint density at radius 3 is 3.00 bits per heavy atom. The highest BCUT2D eigenvalue weighted by molar-refractivity contribution is 9.10. The Morgan fingerprint density at radius 2 is 2.25 bits per heavy atom. The van der Waals surface area contributed by atoms with Gasteiger partial charge in [-0.05, 0) is 24.6 Å². The lowest BCUT2D eigenvalue weighted by molar-refractivity contribution is -0.696. The van der Waals surface area contributed by atoms with Gasteiger partial charge in [-0.2, -0.15) is 0 Å². The van der Waals surface area contributed by atoms with Gasteiger partial charge in [-0.1, -0.05) is 35.3 Å². The molecular weight excluding hydrogens is 264 g/mol. The smallest absolute Gasteiger partial charge is 0.236 e. The van der Waals surface area contributed by atoms with Crippen LogP contribution in [0.15, 0.2) is 47.5 Å². The van der Waals surface area contributed by atoms with Crippen LogP contribution in [0.25, 0.3) is 5.69 Å². The van der Waals surface area contributed by atoms with Gasteiger partial charge in [0.05, 0.1) is 6.54 Å². The number of hydrogen-bond donors (Lipinski definition) is 0. The molecule has 0 amide bonds. The second kappa shape index (κ2) is 5.30. The zero-order chi connectivity index (χ0) is 11.4. The van der Waals surface area contributed by atoms with Crippen molar-refractivity contribution in [1.29, 1.82) is 0 Å². The van der Waals surface area contributed by atoms with E-state index < -0.39 is 0 Å². The number of imidazole rings is 1. The molecule has 84 valence electrons. The second-order valence-corrected chi connectivity index (χ2v) is 4.81. The summed E-state index contributed by atoms with van der Waals surface area (Å²) in [5, 5.41) is 0. The maximum absolute atomic E-state index is 3.49.